The van der Waals surface area contributed by atoms with Crippen molar-refractivity contribution in [1.29, 1.82) is 0 Å². The molecule has 60 valence electrons. The summed E-state index contributed by atoms with van der Waals surface area (Å²) in [7, 11) is 0. The van der Waals surface area contributed by atoms with Crippen molar-refractivity contribution in [2.45, 2.75) is 19.8 Å². The van der Waals surface area contributed by atoms with Crippen molar-refractivity contribution < 1.29 is 14.3 Å². The van der Waals surface area contributed by atoms with Crippen LogP contribution < -0.4 is 10.5 Å². The maximum absolute atomic E-state index is 7.57. The van der Waals surface area contributed by atoms with Crippen molar-refractivity contribution in [1.82, 2.24) is 9.97 Å². The first-order chi connectivity index (χ1) is 7.97. The fraction of sp³-hybridized carbons (Fsp3) is 0.429. The second-order valence-electron chi connectivity index (χ2n) is 1.71. The van der Waals surface area contributed by atoms with Gasteiger partial charge in [0, 0.05) is 8.22 Å². The van der Waals surface area contributed by atoms with E-state index in [-0.39, 0.29) is 5.82 Å². The second kappa shape index (κ2) is 3.18. The Balaban J connectivity index is 3.12. The Kier molecular flexibility index (Phi) is 0.759. The Hall–Kier alpha value is -1.32. The van der Waals surface area contributed by atoms with Crippen molar-refractivity contribution in [3.8, 4) is 5.88 Å². The third-order valence-electron chi connectivity index (χ3n) is 0.855. The van der Waals surface area contributed by atoms with Crippen LogP contribution in [0.25, 0.3) is 0 Å². The molecule has 1 rings (SSSR count). The lowest BCUT2D eigenvalue weighted by Crippen LogP contribution is -2.07. The minimum absolute atomic E-state index is 0.0562. The highest BCUT2D eigenvalue weighted by molar-refractivity contribution is 5.24. The molecule has 0 unspecified atom stereocenters. The normalized spacial score (nSPS) is 22.7. The summed E-state index contributed by atoms with van der Waals surface area (Å²) in [6.45, 7) is -6.36. The molecule has 0 aliphatic carbocycles. The molecule has 0 saturated heterocycles. The molecule has 0 radical (unpaired) electrons. The van der Waals surface area contributed by atoms with E-state index in [0.717, 1.165) is 12.4 Å². The van der Waals surface area contributed by atoms with Crippen molar-refractivity contribution in [3.05, 3.63) is 12.4 Å². The van der Waals surface area contributed by atoms with Gasteiger partial charge in [-0.2, -0.15) is 0 Å². The number of hydrogen-bond donors (Lipinski definition) is 1. The Morgan fingerprint density at radius 1 is 1.64 bits per heavy atom. The Morgan fingerprint density at radius 2 is 2.45 bits per heavy atom. The zero-order valence-electron chi connectivity index (χ0n) is 12.5. The summed E-state index contributed by atoms with van der Waals surface area (Å²) in [5.74, 6) is -0.341. The van der Waals surface area contributed by atoms with Gasteiger partial charge in [0.2, 0.25) is 5.88 Å². The lowest BCUT2D eigenvalue weighted by molar-refractivity contribution is 0.231. The SMILES string of the molecule is [2H]C([2H])([2H])C([2H])(Oc1cnc(N)cn1)C([2H])([2H])[2H]. The zero-order valence-corrected chi connectivity index (χ0v) is 5.53. The molecule has 0 spiro atoms. The lowest BCUT2D eigenvalue weighted by Gasteiger charge is -2.06. The molecule has 0 aromatic carbocycles. The molecule has 11 heavy (non-hydrogen) atoms. The monoisotopic (exact) mass is 160 g/mol. The molecule has 2 N–H and O–H groups in total. The van der Waals surface area contributed by atoms with Crippen LogP contribution in [-0.2, 0) is 0 Å². The number of nitrogens with two attached hydrogens (primary N) is 1. The zero-order chi connectivity index (χ0) is 14.2. The summed E-state index contributed by atoms with van der Waals surface area (Å²) in [6, 6.07) is 0. The lowest BCUT2D eigenvalue weighted by atomic mass is 10.5. The van der Waals surface area contributed by atoms with Gasteiger partial charge < -0.3 is 10.5 Å². The van der Waals surface area contributed by atoms with Gasteiger partial charge in [-0.1, -0.05) is 0 Å². The first-order valence-corrected chi connectivity index (χ1v) is 2.74. The Bertz CT molecular complexity index is 399. The van der Waals surface area contributed by atoms with Crippen LogP contribution >= 0.6 is 0 Å². The molecule has 4 heteroatoms. The average Bonchev–Trinajstić information content (AvgIpc) is 2.18. The van der Waals surface area contributed by atoms with Crippen LogP contribution in [0.15, 0.2) is 12.4 Å². The number of nitrogen functional groups attached to an aromatic ring is 1. The summed E-state index contributed by atoms with van der Waals surface area (Å²) in [5, 5.41) is 0. The molecule has 1 aromatic rings. The number of nitrogens with zero attached hydrogens (tertiary/aromatic N) is 2. The predicted octanol–water partition coefficient (Wildman–Crippen LogP) is 0.846. The maximum atomic E-state index is 7.57. The predicted molar refractivity (Wildman–Crippen MR) is 42.2 cm³/mol. The average molecular weight is 160 g/mol. The van der Waals surface area contributed by atoms with Gasteiger partial charge >= 0.3 is 0 Å². The van der Waals surface area contributed by atoms with Crippen molar-refractivity contribution in [2.24, 2.45) is 0 Å². The largest absolute Gasteiger partial charge is 0.474 e. The van der Waals surface area contributed by atoms with Crippen molar-refractivity contribution in [3.63, 3.8) is 0 Å². The minimum atomic E-state index is -3.18. The third kappa shape index (κ3) is 2.41. The second-order valence-corrected chi connectivity index (χ2v) is 1.71. The Labute approximate surface area is 75.3 Å². The van der Waals surface area contributed by atoms with Crippen LogP contribution in [0.4, 0.5) is 5.82 Å². The van der Waals surface area contributed by atoms with E-state index in [9.17, 15) is 0 Å². The van der Waals surface area contributed by atoms with E-state index < -0.39 is 25.7 Å². The van der Waals surface area contributed by atoms with E-state index in [1.807, 2.05) is 0 Å². The summed E-state index contributed by atoms with van der Waals surface area (Å²) in [6.07, 6.45) is -1.10. The van der Waals surface area contributed by atoms with Crippen LogP contribution in [0, 0.1) is 0 Å². The number of ether oxygens (including phenoxy) is 1. The first-order valence-electron chi connectivity index (χ1n) is 6.24. The van der Waals surface area contributed by atoms with Gasteiger partial charge in [0.1, 0.15) is 5.82 Å². The summed E-state index contributed by atoms with van der Waals surface area (Å²) in [4.78, 5) is 7.13. The van der Waals surface area contributed by atoms with Crippen LogP contribution in [0.1, 0.15) is 23.3 Å². The molecule has 1 aromatic heterocycles. The van der Waals surface area contributed by atoms with Crippen molar-refractivity contribution in [2.75, 3.05) is 5.73 Å². The molecule has 0 amide bonds. The molecular weight excluding hydrogens is 142 g/mol. The summed E-state index contributed by atoms with van der Waals surface area (Å²) >= 11 is 0. The number of rotatable bonds is 2. The summed E-state index contributed by atoms with van der Waals surface area (Å²) in [5.41, 5.74) is 5.26. The molecule has 0 atom stereocenters. The van der Waals surface area contributed by atoms with Crippen LogP contribution in [0.2, 0.25) is 0 Å². The topological polar surface area (TPSA) is 61.0 Å². The van der Waals surface area contributed by atoms with Crippen LogP contribution in [-0.4, -0.2) is 16.0 Å². The van der Waals surface area contributed by atoms with Gasteiger partial charge in [0.15, 0.2) is 0 Å². The van der Waals surface area contributed by atoms with E-state index in [4.69, 9.17) is 20.1 Å². The van der Waals surface area contributed by atoms with Gasteiger partial charge in [-0.05, 0) is 13.7 Å². The third-order valence-corrected chi connectivity index (χ3v) is 0.855. The highest BCUT2D eigenvalue weighted by Gasteiger charge is 1.97. The quantitative estimate of drug-likeness (QED) is 0.696. The van der Waals surface area contributed by atoms with Crippen molar-refractivity contribution >= 4 is 5.82 Å². The molecule has 0 fully saturated rings. The molecule has 0 aliphatic heterocycles. The summed E-state index contributed by atoms with van der Waals surface area (Å²) < 4.78 is 55.0. The number of aromatic nitrogens is 2. The van der Waals surface area contributed by atoms with Crippen LogP contribution in [0.5, 0.6) is 5.88 Å². The van der Waals surface area contributed by atoms with Gasteiger partial charge in [-0.3, -0.25) is 0 Å². The molecule has 0 aliphatic rings. The molecular formula is C7H11N3O. The van der Waals surface area contributed by atoms with Gasteiger partial charge in [0.25, 0.3) is 0 Å². The van der Waals surface area contributed by atoms with E-state index in [0.29, 0.717) is 0 Å². The van der Waals surface area contributed by atoms with E-state index in [1.54, 1.807) is 0 Å². The van der Waals surface area contributed by atoms with Crippen LogP contribution in [0.3, 0.4) is 0 Å². The number of hydrogen-bond acceptors (Lipinski definition) is 4. The smallest absolute Gasteiger partial charge is 0.232 e. The highest BCUT2D eigenvalue weighted by atomic mass is 16.5. The molecule has 4 nitrogen and oxygen atoms in total. The van der Waals surface area contributed by atoms with E-state index in [2.05, 4.69) is 9.97 Å². The standard InChI is InChI=1S/C7H11N3O/c1-5(2)11-7-4-9-6(8)3-10-7/h3-5H,1-2H3,(H2,8,9)/i1D3,2D3,5D. The van der Waals surface area contributed by atoms with Gasteiger partial charge in [0.05, 0.1) is 19.8 Å². The van der Waals surface area contributed by atoms with E-state index >= 15 is 0 Å². The number of anilines is 1. The molecule has 0 bridgehead atoms. The molecule has 1 heterocycles. The van der Waals surface area contributed by atoms with Gasteiger partial charge in [-0.25, -0.2) is 9.97 Å². The first kappa shape index (κ1) is 2.62. The fourth-order valence-corrected chi connectivity index (χ4v) is 0.483. The molecule has 0 saturated carbocycles. The maximum Gasteiger partial charge on any atom is 0.232 e. The highest BCUT2D eigenvalue weighted by Crippen LogP contribution is 2.06. The fourth-order valence-electron chi connectivity index (χ4n) is 0.483. The van der Waals surface area contributed by atoms with E-state index in [1.165, 1.54) is 0 Å². The Morgan fingerprint density at radius 3 is 3.00 bits per heavy atom. The van der Waals surface area contributed by atoms with Gasteiger partial charge in [-0.15, -0.1) is 0 Å². The minimum Gasteiger partial charge on any atom is -0.474 e.